The molecule has 1 saturated heterocycles. The lowest BCUT2D eigenvalue weighted by Crippen LogP contribution is -2.43. The summed E-state index contributed by atoms with van der Waals surface area (Å²) >= 11 is 0. The molecule has 8 heteroatoms. The SMILES string of the molecule is CC(C)(C)OC(=O)[C@@H]1CCCN1C(=O)c1cnc(C(=O)O)cn1. The molecule has 0 aromatic carbocycles. The second-order valence-corrected chi connectivity index (χ2v) is 6.28. The van der Waals surface area contributed by atoms with Crippen LogP contribution >= 0.6 is 0 Å². The van der Waals surface area contributed by atoms with Crippen LogP contribution in [0.2, 0.25) is 0 Å². The van der Waals surface area contributed by atoms with Gasteiger partial charge in [0.1, 0.15) is 17.3 Å². The van der Waals surface area contributed by atoms with Crippen molar-refractivity contribution in [1.82, 2.24) is 14.9 Å². The summed E-state index contributed by atoms with van der Waals surface area (Å²) in [5.74, 6) is -2.12. The number of likely N-dealkylation sites (tertiary alicyclic amines) is 1. The number of esters is 1. The number of rotatable bonds is 3. The summed E-state index contributed by atoms with van der Waals surface area (Å²) in [6.07, 6.45) is 3.35. The molecule has 1 aliphatic heterocycles. The quantitative estimate of drug-likeness (QED) is 0.831. The Morgan fingerprint density at radius 1 is 1.22 bits per heavy atom. The van der Waals surface area contributed by atoms with Crippen LogP contribution in [0.15, 0.2) is 12.4 Å². The Labute approximate surface area is 133 Å². The summed E-state index contributed by atoms with van der Waals surface area (Å²) in [5.41, 5.74) is -0.866. The highest BCUT2D eigenvalue weighted by Gasteiger charge is 2.37. The van der Waals surface area contributed by atoms with Crippen LogP contribution < -0.4 is 0 Å². The van der Waals surface area contributed by atoms with E-state index in [0.717, 1.165) is 12.4 Å². The van der Waals surface area contributed by atoms with E-state index in [2.05, 4.69) is 9.97 Å². The standard InChI is InChI=1S/C15H19N3O5/c1-15(2,3)23-14(22)11-5-4-6-18(11)12(19)9-7-17-10(8-16-9)13(20)21/h7-8,11H,4-6H2,1-3H3,(H,20,21)/t11-/m0/s1. The van der Waals surface area contributed by atoms with Gasteiger partial charge in [-0.1, -0.05) is 0 Å². The minimum absolute atomic E-state index is 0.00505. The van der Waals surface area contributed by atoms with Gasteiger partial charge in [0.15, 0.2) is 5.69 Å². The van der Waals surface area contributed by atoms with Crippen LogP contribution in [0, 0.1) is 0 Å². The fourth-order valence-electron chi connectivity index (χ4n) is 2.32. The zero-order valence-electron chi connectivity index (χ0n) is 13.3. The number of ether oxygens (including phenoxy) is 1. The molecule has 0 radical (unpaired) electrons. The maximum Gasteiger partial charge on any atom is 0.356 e. The fraction of sp³-hybridized carbons (Fsp3) is 0.533. The summed E-state index contributed by atoms with van der Waals surface area (Å²) < 4.78 is 5.34. The molecule has 1 amide bonds. The molecule has 124 valence electrons. The Hall–Kier alpha value is -2.51. The number of carboxylic acid groups (broad SMARTS) is 1. The zero-order valence-corrected chi connectivity index (χ0v) is 13.3. The van der Waals surface area contributed by atoms with E-state index in [4.69, 9.17) is 9.84 Å². The van der Waals surface area contributed by atoms with Gasteiger partial charge in [0, 0.05) is 6.54 Å². The summed E-state index contributed by atoms with van der Waals surface area (Å²) in [6.45, 7) is 5.72. The van der Waals surface area contributed by atoms with E-state index < -0.39 is 29.5 Å². The molecule has 0 unspecified atom stereocenters. The van der Waals surface area contributed by atoms with E-state index in [-0.39, 0.29) is 11.4 Å². The molecule has 0 saturated carbocycles. The van der Waals surface area contributed by atoms with Gasteiger partial charge >= 0.3 is 11.9 Å². The minimum Gasteiger partial charge on any atom is -0.476 e. The highest BCUT2D eigenvalue weighted by Crippen LogP contribution is 2.22. The monoisotopic (exact) mass is 321 g/mol. The smallest absolute Gasteiger partial charge is 0.356 e. The largest absolute Gasteiger partial charge is 0.476 e. The van der Waals surface area contributed by atoms with Gasteiger partial charge < -0.3 is 14.7 Å². The number of carbonyl (C=O) groups is 3. The number of hydrogen-bond donors (Lipinski definition) is 1. The van der Waals surface area contributed by atoms with Crippen molar-refractivity contribution in [2.24, 2.45) is 0 Å². The number of nitrogens with zero attached hydrogens (tertiary/aromatic N) is 3. The van der Waals surface area contributed by atoms with Crippen LogP contribution in [0.25, 0.3) is 0 Å². The zero-order chi connectivity index (χ0) is 17.2. The summed E-state index contributed by atoms with van der Waals surface area (Å²) in [6, 6.07) is -0.650. The molecule has 0 spiro atoms. The first-order valence-corrected chi connectivity index (χ1v) is 7.28. The van der Waals surface area contributed by atoms with Gasteiger partial charge in [0.2, 0.25) is 0 Å². The van der Waals surface area contributed by atoms with E-state index in [0.29, 0.717) is 19.4 Å². The fourth-order valence-corrected chi connectivity index (χ4v) is 2.32. The number of aromatic nitrogens is 2. The van der Waals surface area contributed by atoms with Crippen molar-refractivity contribution in [3.8, 4) is 0 Å². The number of carbonyl (C=O) groups excluding carboxylic acids is 2. The van der Waals surface area contributed by atoms with Crippen molar-refractivity contribution < 1.29 is 24.2 Å². The highest BCUT2D eigenvalue weighted by molar-refractivity contribution is 5.95. The lowest BCUT2D eigenvalue weighted by atomic mass is 10.1. The van der Waals surface area contributed by atoms with Crippen LogP contribution in [0.5, 0.6) is 0 Å². The van der Waals surface area contributed by atoms with Crippen LogP contribution in [0.1, 0.15) is 54.6 Å². The third-order valence-electron chi connectivity index (χ3n) is 3.28. The number of amides is 1. The first-order chi connectivity index (χ1) is 10.7. The van der Waals surface area contributed by atoms with Gasteiger partial charge in [0.05, 0.1) is 12.4 Å². The number of carboxylic acids is 1. The maximum atomic E-state index is 12.5. The van der Waals surface area contributed by atoms with Crippen molar-refractivity contribution in [3.05, 3.63) is 23.8 Å². The predicted molar refractivity (Wildman–Crippen MR) is 78.9 cm³/mol. The third-order valence-corrected chi connectivity index (χ3v) is 3.28. The van der Waals surface area contributed by atoms with E-state index >= 15 is 0 Å². The van der Waals surface area contributed by atoms with Gasteiger partial charge in [-0.25, -0.2) is 19.6 Å². The normalized spacial score (nSPS) is 17.9. The number of aromatic carboxylic acids is 1. The van der Waals surface area contributed by atoms with Crippen molar-refractivity contribution in [3.63, 3.8) is 0 Å². The second-order valence-electron chi connectivity index (χ2n) is 6.28. The molecule has 23 heavy (non-hydrogen) atoms. The Kier molecular flexibility index (Phi) is 4.63. The Bertz CT molecular complexity index is 621. The predicted octanol–water partition coefficient (Wildman–Crippen LogP) is 1.12. The Balaban J connectivity index is 2.14. The summed E-state index contributed by atoms with van der Waals surface area (Å²) in [7, 11) is 0. The molecular formula is C15H19N3O5. The third kappa shape index (κ3) is 4.02. The van der Waals surface area contributed by atoms with Gasteiger partial charge in [-0.05, 0) is 33.6 Å². The molecular weight excluding hydrogens is 302 g/mol. The topological polar surface area (TPSA) is 110 Å². The molecule has 1 aliphatic rings. The lowest BCUT2D eigenvalue weighted by Gasteiger charge is -2.27. The first-order valence-electron chi connectivity index (χ1n) is 7.28. The molecule has 2 rings (SSSR count). The first kappa shape index (κ1) is 16.9. The van der Waals surface area contributed by atoms with Crippen LogP contribution in [-0.4, -0.2) is 56.0 Å². The van der Waals surface area contributed by atoms with E-state index in [1.807, 2.05) is 0 Å². The number of hydrogen-bond acceptors (Lipinski definition) is 6. The van der Waals surface area contributed by atoms with Crippen LogP contribution in [0.3, 0.4) is 0 Å². The van der Waals surface area contributed by atoms with Crippen molar-refractivity contribution >= 4 is 17.8 Å². The highest BCUT2D eigenvalue weighted by atomic mass is 16.6. The minimum atomic E-state index is -1.22. The van der Waals surface area contributed by atoms with E-state index in [1.54, 1.807) is 20.8 Å². The molecule has 1 fully saturated rings. The molecule has 0 aliphatic carbocycles. The average Bonchev–Trinajstić information content (AvgIpc) is 2.94. The maximum absolute atomic E-state index is 12.5. The molecule has 2 heterocycles. The second kappa shape index (κ2) is 6.31. The van der Waals surface area contributed by atoms with Gasteiger partial charge in [-0.2, -0.15) is 0 Å². The van der Waals surface area contributed by atoms with Crippen molar-refractivity contribution in [2.75, 3.05) is 6.54 Å². The average molecular weight is 321 g/mol. The molecule has 1 N–H and O–H groups in total. The van der Waals surface area contributed by atoms with E-state index in [1.165, 1.54) is 4.90 Å². The Morgan fingerprint density at radius 2 is 1.83 bits per heavy atom. The van der Waals surface area contributed by atoms with Crippen molar-refractivity contribution in [2.45, 2.75) is 45.3 Å². The lowest BCUT2D eigenvalue weighted by molar-refractivity contribution is -0.159. The van der Waals surface area contributed by atoms with Gasteiger partial charge in [-0.3, -0.25) is 4.79 Å². The molecule has 8 nitrogen and oxygen atoms in total. The molecule has 0 bridgehead atoms. The van der Waals surface area contributed by atoms with Gasteiger partial charge in [-0.15, -0.1) is 0 Å². The molecule has 1 aromatic rings. The molecule has 1 aromatic heterocycles. The van der Waals surface area contributed by atoms with Crippen molar-refractivity contribution in [1.29, 1.82) is 0 Å². The summed E-state index contributed by atoms with van der Waals surface area (Å²) in [4.78, 5) is 44.4. The van der Waals surface area contributed by atoms with Crippen LogP contribution in [-0.2, 0) is 9.53 Å². The van der Waals surface area contributed by atoms with Gasteiger partial charge in [0.25, 0.3) is 5.91 Å². The Morgan fingerprint density at radius 3 is 2.35 bits per heavy atom. The van der Waals surface area contributed by atoms with Crippen LogP contribution in [0.4, 0.5) is 0 Å². The molecule has 1 atom stereocenters. The summed E-state index contributed by atoms with van der Waals surface area (Å²) in [5, 5.41) is 8.79. The van der Waals surface area contributed by atoms with E-state index in [9.17, 15) is 14.4 Å².